The summed E-state index contributed by atoms with van der Waals surface area (Å²) in [6.07, 6.45) is 1.10. The van der Waals surface area contributed by atoms with Gasteiger partial charge in [-0.15, -0.1) is 0 Å². The Balaban J connectivity index is 2.99. The van der Waals surface area contributed by atoms with E-state index in [1.165, 1.54) is 4.90 Å². The van der Waals surface area contributed by atoms with Crippen LogP contribution in [0.5, 0.6) is 0 Å². The molecule has 6 heteroatoms. The van der Waals surface area contributed by atoms with Crippen LogP contribution in [0.1, 0.15) is 33.6 Å². The number of carboxylic acids is 1. The SMILES string of the molecule is CC(C)(C)N(CC(=O)O)C(=O)C1(CN)CCOCC1. The van der Waals surface area contributed by atoms with E-state index in [4.69, 9.17) is 15.6 Å². The fraction of sp³-hybridized carbons (Fsp3) is 0.846. The Morgan fingerprint density at radius 3 is 2.21 bits per heavy atom. The second-order valence-electron chi connectivity index (χ2n) is 6.05. The van der Waals surface area contributed by atoms with Crippen LogP contribution in [0.15, 0.2) is 0 Å². The molecule has 1 aliphatic rings. The summed E-state index contributed by atoms with van der Waals surface area (Å²) >= 11 is 0. The third kappa shape index (κ3) is 3.67. The van der Waals surface area contributed by atoms with Gasteiger partial charge in [0.15, 0.2) is 0 Å². The predicted molar refractivity (Wildman–Crippen MR) is 70.6 cm³/mol. The van der Waals surface area contributed by atoms with Gasteiger partial charge in [0.2, 0.25) is 5.91 Å². The van der Waals surface area contributed by atoms with Gasteiger partial charge in [0.05, 0.1) is 5.41 Å². The van der Waals surface area contributed by atoms with Crippen molar-refractivity contribution in [2.24, 2.45) is 11.1 Å². The molecule has 1 fully saturated rings. The molecular formula is C13H24N2O4. The topological polar surface area (TPSA) is 92.9 Å². The van der Waals surface area contributed by atoms with E-state index in [0.29, 0.717) is 26.1 Å². The molecule has 0 spiro atoms. The van der Waals surface area contributed by atoms with Crippen LogP contribution in [-0.2, 0) is 14.3 Å². The smallest absolute Gasteiger partial charge is 0.323 e. The van der Waals surface area contributed by atoms with Gasteiger partial charge in [-0.2, -0.15) is 0 Å². The molecule has 0 aromatic rings. The summed E-state index contributed by atoms with van der Waals surface area (Å²) in [4.78, 5) is 25.2. The Bertz CT molecular complexity index is 343. The number of aliphatic carboxylic acids is 1. The van der Waals surface area contributed by atoms with Crippen molar-refractivity contribution in [2.75, 3.05) is 26.3 Å². The van der Waals surface area contributed by atoms with Gasteiger partial charge in [-0.3, -0.25) is 9.59 Å². The van der Waals surface area contributed by atoms with E-state index in [2.05, 4.69) is 0 Å². The number of rotatable bonds is 4. The molecule has 0 saturated carbocycles. The first-order chi connectivity index (χ1) is 8.73. The van der Waals surface area contributed by atoms with E-state index in [0.717, 1.165) is 0 Å². The van der Waals surface area contributed by atoms with Gasteiger partial charge < -0.3 is 20.5 Å². The molecule has 1 aliphatic heterocycles. The standard InChI is InChI=1S/C13H24N2O4/c1-12(2,3)15(8-10(16)17)11(18)13(9-14)4-6-19-7-5-13/h4-9,14H2,1-3H3,(H,16,17). The van der Waals surface area contributed by atoms with E-state index in [-0.39, 0.29) is 19.0 Å². The second-order valence-corrected chi connectivity index (χ2v) is 6.05. The molecule has 6 nitrogen and oxygen atoms in total. The molecule has 0 unspecified atom stereocenters. The largest absolute Gasteiger partial charge is 0.480 e. The zero-order valence-corrected chi connectivity index (χ0v) is 11.9. The van der Waals surface area contributed by atoms with Gasteiger partial charge in [0.25, 0.3) is 0 Å². The van der Waals surface area contributed by atoms with Crippen LogP contribution in [-0.4, -0.2) is 53.7 Å². The van der Waals surface area contributed by atoms with Crippen molar-refractivity contribution >= 4 is 11.9 Å². The molecule has 0 atom stereocenters. The molecule has 1 saturated heterocycles. The number of hydrogen-bond donors (Lipinski definition) is 2. The minimum Gasteiger partial charge on any atom is -0.480 e. The van der Waals surface area contributed by atoms with Crippen LogP contribution in [0.4, 0.5) is 0 Å². The van der Waals surface area contributed by atoms with E-state index in [9.17, 15) is 9.59 Å². The lowest BCUT2D eigenvalue weighted by molar-refractivity contribution is -0.158. The van der Waals surface area contributed by atoms with Gasteiger partial charge in [0.1, 0.15) is 6.54 Å². The van der Waals surface area contributed by atoms with Crippen LogP contribution in [0.25, 0.3) is 0 Å². The van der Waals surface area contributed by atoms with E-state index < -0.39 is 16.9 Å². The summed E-state index contributed by atoms with van der Waals surface area (Å²) in [6, 6.07) is 0. The number of nitrogens with zero attached hydrogens (tertiary/aromatic N) is 1. The number of carbonyl (C=O) groups is 2. The predicted octanol–water partition coefficient (Wildman–Crippen LogP) is 0.454. The Hall–Kier alpha value is -1.14. The number of hydrogen-bond acceptors (Lipinski definition) is 4. The Morgan fingerprint density at radius 2 is 1.84 bits per heavy atom. The maximum Gasteiger partial charge on any atom is 0.323 e. The van der Waals surface area contributed by atoms with Crippen LogP contribution in [0.2, 0.25) is 0 Å². The molecular weight excluding hydrogens is 248 g/mol. The van der Waals surface area contributed by atoms with Crippen molar-refractivity contribution in [3.05, 3.63) is 0 Å². The van der Waals surface area contributed by atoms with Crippen molar-refractivity contribution in [2.45, 2.75) is 39.2 Å². The van der Waals surface area contributed by atoms with Crippen molar-refractivity contribution in [1.82, 2.24) is 4.90 Å². The number of amides is 1. The van der Waals surface area contributed by atoms with Crippen LogP contribution >= 0.6 is 0 Å². The zero-order valence-electron chi connectivity index (χ0n) is 11.9. The average molecular weight is 272 g/mol. The lowest BCUT2D eigenvalue weighted by atomic mass is 9.78. The van der Waals surface area contributed by atoms with Crippen LogP contribution < -0.4 is 5.73 Å². The summed E-state index contributed by atoms with van der Waals surface area (Å²) in [5, 5.41) is 9.00. The average Bonchev–Trinajstić information content (AvgIpc) is 2.34. The minimum absolute atomic E-state index is 0.173. The summed E-state index contributed by atoms with van der Waals surface area (Å²) in [5.74, 6) is -1.18. The van der Waals surface area contributed by atoms with E-state index in [1.807, 2.05) is 20.8 Å². The van der Waals surface area contributed by atoms with Crippen LogP contribution in [0, 0.1) is 5.41 Å². The molecule has 19 heavy (non-hydrogen) atoms. The van der Waals surface area contributed by atoms with Crippen molar-refractivity contribution in [3.8, 4) is 0 Å². The Labute approximate surface area is 113 Å². The quantitative estimate of drug-likeness (QED) is 0.775. The lowest BCUT2D eigenvalue weighted by Gasteiger charge is -2.43. The third-order valence-electron chi connectivity index (χ3n) is 3.64. The van der Waals surface area contributed by atoms with Gasteiger partial charge in [-0.05, 0) is 33.6 Å². The fourth-order valence-corrected chi connectivity index (χ4v) is 2.30. The highest BCUT2D eigenvalue weighted by atomic mass is 16.5. The second kappa shape index (κ2) is 5.88. The molecule has 110 valence electrons. The minimum atomic E-state index is -1.01. The molecule has 1 amide bonds. The van der Waals surface area contributed by atoms with Gasteiger partial charge in [0, 0.05) is 25.3 Å². The summed E-state index contributed by atoms with van der Waals surface area (Å²) < 4.78 is 5.28. The molecule has 0 radical (unpaired) electrons. The fourth-order valence-electron chi connectivity index (χ4n) is 2.30. The molecule has 0 aromatic carbocycles. The Morgan fingerprint density at radius 1 is 1.32 bits per heavy atom. The van der Waals surface area contributed by atoms with Crippen molar-refractivity contribution in [1.29, 1.82) is 0 Å². The number of carboxylic acid groups (broad SMARTS) is 1. The third-order valence-corrected chi connectivity index (χ3v) is 3.64. The molecule has 0 bridgehead atoms. The monoisotopic (exact) mass is 272 g/mol. The first-order valence-electron chi connectivity index (χ1n) is 6.55. The van der Waals surface area contributed by atoms with Gasteiger partial charge in [-0.25, -0.2) is 0 Å². The first kappa shape index (κ1) is 15.9. The summed E-state index contributed by atoms with van der Waals surface area (Å²) in [6.45, 7) is 6.40. The molecule has 1 rings (SSSR count). The maximum absolute atomic E-state index is 12.8. The van der Waals surface area contributed by atoms with Crippen molar-refractivity contribution in [3.63, 3.8) is 0 Å². The maximum atomic E-state index is 12.8. The lowest BCUT2D eigenvalue weighted by Crippen LogP contribution is -2.57. The number of nitrogens with two attached hydrogens (primary N) is 1. The van der Waals surface area contributed by atoms with Crippen molar-refractivity contribution < 1.29 is 19.4 Å². The Kier molecular flexibility index (Phi) is 4.92. The van der Waals surface area contributed by atoms with E-state index in [1.54, 1.807) is 0 Å². The van der Waals surface area contributed by atoms with Gasteiger partial charge >= 0.3 is 5.97 Å². The molecule has 0 aromatic heterocycles. The molecule has 3 N–H and O–H groups in total. The highest BCUT2D eigenvalue weighted by molar-refractivity contribution is 5.87. The molecule has 0 aliphatic carbocycles. The van der Waals surface area contributed by atoms with Gasteiger partial charge in [-0.1, -0.05) is 0 Å². The van der Waals surface area contributed by atoms with Crippen LogP contribution in [0.3, 0.4) is 0 Å². The first-order valence-corrected chi connectivity index (χ1v) is 6.55. The zero-order chi connectivity index (χ0) is 14.7. The normalized spacial score (nSPS) is 18.9. The number of ether oxygens (including phenoxy) is 1. The molecule has 1 heterocycles. The highest BCUT2D eigenvalue weighted by Crippen LogP contribution is 2.33. The highest BCUT2D eigenvalue weighted by Gasteiger charge is 2.44. The summed E-state index contributed by atoms with van der Waals surface area (Å²) in [7, 11) is 0. The number of carbonyl (C=O) groups excluding carboxylic acids is 1. The van der Waals surface area contributed by atoms with E-state index >= 15 is 0 Å². The summed E-state index contributed by atoms with van der Waals surface area (Å²) in [5.41, 5.74) is 4.58.